The first-order chi connectivity index (χ1) is 7.70. The summed E-state index contributed by atoms with van der Waals surface area (Å²) in [5, 5.41) is 0. The molecule has 0 aromatic rings. The summed E-state index contributed by atoms with van der Waals surface area (Å²) in [5.41, 5.74) is 0. The fourth-order valence-electron chi connectivity index (χ4n) is 1.28. The van der Waals surface area contributed by atoms with E-state index in [9.17, 15) is 4.79 Å². The predicted molar refractivity (Wildman–Crippen MR) is 67.5 cm³/mol. The van der Waals surface area contributed by atoms with Crippen LogP contribution in [0.5, 0.6) is 0 Å². The molecular weight excluding hydrogens is 204 g/mol. The van der Waals surface area contributed by atoms with Gasteiger partial charge in [-0.3, -0.25) is 4.79 Å². The van der Waals surface area contributed by atoms with Gasteiger partial charge in [0, 0.05) is 7.11 Å². The molecule has 0 spiro atoms. The molecule has 1 saturated carbocycles. The number of rotatable bonds is 3. The summed E-state index contributed by atoms with van der Waals surface area (Å²) in [6, 6.07) is 0. The number of carbonyl (C=O) groups excluding carboxylic acids is 1. The molecule has 0 bridgehead atoms. The SMILES string of the molecule is CC.COC(C)C.O=COC1CCCCC1. The van der Waals surface area contributed by atoms with E-state index in [0.717, 1.165) is 12.8 Å². The summed E-state index contributed by atoms with van der Waals surface area (Å²) < 4.78 is 9.55. The Hall–Kier alpha value is -0.570. The predicted octanol–water partition coefficient (Wildman–Crippen LogP) is 3.56. The Morgan fingerprint density at radius 3 is 1.88 bits per heavy atom. The molecule has 0 heterocycles. The Balaban J connectivity index is 0. The Labute approximate surface area is 101 Å². The van der Waals surface area contributed by atoms with Crippen LogP contribution < -0.4 is 0 Å². The third kappa shape index (κ3) is 13.4. The van der Waals surface area contributed by atoms with E-state index in [4.69, 9.17) is 9.47 Å². The maximum atomic E-state index is 9.85. The maximum absolute atomic E-state index is 9.85. The highest BCUT2D eigenvalue weighted by atomic mass is 16.5. The molecule has 0 aliphatic heterocycles. The highest BCUT2D eigenvalue weighted by Crippen LogP contribution is 2.19. The van der Waals surface area contributed by atoms with E-state index in [2.05, 4.69) is 0 Å². The quantitative estimate of drug-likeness (QED) is 0.698. The van der Waals surface area contributed by atoms with E-state index < -0.39 is 0 Å². The topological polar surface area (TPSA) is 35.5 Å². The van der Waals surface area contributed by atoms with Crippen LogP contribution in [0.3, 0.4) is 0 Å². The molecule has 1 rings (SSSR count). The van der Waals surface area contributed by atoms with Crippen LogP contribution in [0.4, 0.5) is 0 Å². The van der Waals surface area contributed by atoms with E-state index in [-0.39, 0.29) is 6.10 Å². The van der Waals surface area contributed by atoms with Gasteiger partial charge in [0.25, 0.3) is 6.47 Å². The van der Waals surface area contributed by atoms with Crippen molar-refractivity contribution in [3.8, 4) is 0 Å². The summed E-state index contributed by atoms with van der Waals surface area (Å²) in [6.45, 7) is 8.57. The van der Waals surface area contributed by atoms with E-state index in [1.54, 1.807) is 7.11 Å². The van der Waals surface area contributed by atoms with Crippen LogP contribution in [0.2, 0.25) is 0 Å². The lowest BCUT2D eigenvalue weighted by atomic mass is 9.98. The molecule has 3 nitrogen and oxygen atoms in total. The maximum Gasteiger partial charge on any atom is 0.293 e. The van der Waals surface area contributed by atoms with Crippen LogP contribution in [-0.4, -0.2) is 25.8 Å². The van der Waals surface area contributed by atoms with Gasteiger partial charge in [-0.1, -0.05) is 20.3 Å². The van der Waals surface area contributed by atoms with Crippen LogP contribution in [0.25, 0.3) is 0 Å². The van der Waals surface area contributed by atoms with Crippen LogP contribution in [0.1, 0.15) is 59.8 Å². The molecule has 0 radical (unpaired) electrons. The van der Waals surface area contributed by atoms with Gasteiger partial charge in [0.15, 0.2) is 0 Å². The second-order valence-corrected chi connectivity index (χ2v) is 3.78. The van der Waals surface area contributed by atoms with Crippen molar-refractivity contribution in [3.63, 3.8) is 0 Å². The van der Waals surface area contributed by atoms with Crippen LogP contribution in [0, 0.1) is 0 Å². The average molecular weight is 232 g/mol. The minimum atomic E-state index is 0.233. The van der Waals surface area contributed by atoms with Crippen molar-refractivity contribution < 1.29 is 14.3 Å². The normalized spacial score (nSPS) is 15.4. The van der Waals surface area contributed by atoms with E-state index >= 15 is 0 Å². The third-order valence-electron chi connectivity index (χ3n) is 2.27. The molecular formula is C13H28O3. The molecule has 98 valence electrons. The summed E-state index contributed by atoms with van der Waals surface area (Å²) in [7, 11) is 1.70. The monoisotopic (exact) mass is 232 g/mol. The van der Waals surface area contributed by atoms with E-state index in [1.165, 1.54) is 19.3 Å². The molecule has 0 aromatic carbocycles. The molecule has 1 aliphatic carbocycles. The average Bonchev–Trinajstić information content (AvgIpc) is 2.34. The van der Waals surface area contributed by atoms with Crippen molar-refractivity contribution in [2.24, 2.45) is 0 Å². The molecule has 1 fully saturated rings. The van der Waals surface area contributed by atoms with Crippen LogP contribution in [0.15, 0.2) is 0 Å². The van der Waals surface area contributed by atoms with E-state index in [0.29, 0.717) is 12.6 Å². The largest absolute Gasteiger partial charge is 0.465 e. The summed E-state index contributed by atoms with van der Waals surface area (Å²) >= 11 is 0. The molecule has 16 heavy (non-hydrogen) atoms. The second-order valence-electron chi connectivity index (χ2n) is 3.78. The zero-order chi connectivity index (χ0) is 12.8. The van der Waals surface area contributed by atoms with E-state index in [1.807, 2.05) is 27.7 Å². The van der Waals surface area contributed by atoms with Gasteiger partial charge in [-0.05, 0) is 39.5 Å². The number of ether oxygens (including phenoxy) is 2. The molecule has 0 N–H and O–H groups in total. The number of carbonyl (C=O) groups is 1. The standard InChI is InChI=1S/C7H12O2.C4H10O.C2H6/c8-6-9-7-4-2-1-3-5-7;1-4(2)5-3;1-2/h6-7H,1-5H2;4H,1-3H3;1-2H3. The zero-order valence-electron chi connectivity index (χ0n) is 11.5. The Morgan fingerprint density at radius 1 is 1.12 bits per heavy atom. The lowest BCUT2D eigenvalue weighted by molar-refractivity contribution is -0.134. The molecule has 0 unspecified atom stereocenters. The zero-order valence-corrected chi connectivity index (χ0v) is 11.5. The van der Waals surface area contributed by atoms with Crippen molar-refractivity contribution in [2.75, 3.05) is 7.11 Å². The smallest absolute Gasteiger partial charge is 0.293 e. The highest BCUT2D eigenvalue weighted by Gasteiger charge is 2.12. The fourth-order valence-corrected chi connectivity index (χ4v) is 1.28. The first kappa shape index (κ1) is 17.8. The number of methoxy groups -OCH3 is 1. The molecule has 1 aliphatic rings. The Bertz CT molecular complexity index is 129. The number of hydrogen-bond donors (Lipinski definition) is 0. The minimum absolute atomic E-state index is 0.233. The van der Waals surface area contributed by atoms with Gasteiger partial charge in [0.05, 0.1) is 6.10 Å². The van der Waals surface area contributed by atoms with Gasteiger partial charge in [0.2, 0.25) is 0 Å². The lowest BCUT2D eigenvalue weighted by Gasteiger charge is -2.18. The Morgan fingerprint density at radius 2 is 1.56 bits per heavy atom. The molecule has 3 heteroatoms. The van der Waals surface area contributed by atoms with Crippen molar-refractivity contribution in [1.29, 1.82) is 0 Å². The van der Waals surface area contributed by atoms with Gasteiger partial charge < -0.3 is 9.47 Å². The number of hydrogen-bond acceptors (Lipinski definition) is 3. The third-order valence-corrected chi connectivity index (χ3v) is 2.27. The first-order valence-corrected chi connectivity index (χ1v) is 6.32. The molecule has 0 saturated heterocycles. The molecule has 0 aromatic heterocycles. The van der Waals surface area contributed by atoms with Gasteiger partial charge >= 0.3 is 0 Å². The summed E-state index contributed by atoms with van der Waals surface area (Å²) in [6.07, 6.45) is 6.50. The highest BCUT2D eigenvalue weighted by molar-refractivity contribution is 5.37. The van der Waals surface area contributed by atoms with Crippen LogP contribution in [-0.2, 0) is 14.3 Å². The molecule has 0 atom stereocenters. The summed E-state index contributed by atoms with van der Waals surface area (Å²) in [5.74, 6) is 0. The van der Waals surface area contributed by atoms with Crippen molar-refractivity contribution in [1.82, 2.24) is 0 Å². The molecule has 0 amide bonds. The van der Waals surface area contributed by atoms with Crippen molar-refractivity contribution in [2.45, 2.75) is 72.0 Å². The summed E-state index contributed by atoms with van der Waals surface area (Å²) in [4.78, 5) is 9.85. The van der Waals surface area contributed by atoms with Gasteiger partial charge in [-0.2, -0.15) is 0 Å². The fraction of sp³-hybridized carbons (Fsp3) is 0.923. The minimum Gasteiger partial charge on any atom is -0.465 e. The lowest BCUT2D eigenvalue weighted by Crippen LogP contribution is -2.15. The van der Waals surface area contributed by atoms with Gasteiger partial charge in [-0.15, -0.1) is 0 Å². The van der Waals surface area contributed by atoms with Crippen molar-refractivity contribution in [3.05, 3.63) is 0 Å². The van der Waals surface area contributed by atoms with Gasteiger partial charge in [0.1, 0.15) is 6.10 Å². The first-order valence-electron chi connectivity index (χ1n) is 6.32. The van der Waals surface area contributed by atoms with Gasteiger partial charge in [-0.25, -0.2) is 0 Å². The van der Waals surface area contributed by atoms with Crippen LogP contribution >= 0.6 is 0 Å². The second kappa shape index (κ2) is 14.4. The Kier molecular flexibility index (Phi) is 16.1. The van der Waals surface area contributed by atoms with Crippen molar-refractivity contribution >= 4 is 6.47 Å².